The second-order valence-electron chi connectivity index (χ2n) is 10.3. The van der Waals surface area contributed by atoms with Gasteiger partial charge < -0.3 is 23.4 Å². The number of oxazole rings is 1. The van der Waals surface area contributed by atoms with E-state index in [1.165, 1.54) is 36.4 Å². The first-order chi connectivity index (χ1) is 22.7. The zero-order valence-electron chi connectivity index (χ0n) is 24.1. The lowest BCUT2D eigenvalue weighted by molar-refractivity contribution is -0.384. The number of halogens is 1. The van der Waals surface area contributed by atoms with Crippen LogP contribution in [0.25, 0.3) is 11.1 Å². The average Bonchev–Trinajstić information content (AvgIpc) is 3.43. The maximum atomic E-state index is 13.5. The van der Waals surface area contributed by atoms with E-state index < -0.39 is 65.4 Å². The molecule has 0 saturated carbocycles. The van der Waals surface area contributed by atoms with E-state index in [1.807, 2.05) is 0 Å². The van der Waals surface area contributed by atoms with Gasteiger partial charge in [-0.1, -0.05) is 66.2 Å². The molecule has 1 aliphatic heterocycles. The summed E-state index contributed by atoms with van der Waals surface area (Å²) in [4.78, 5) is 64.3. The predicted molar refractivity (Wildman–Crippen MR) is 164 cm³/mol. The number of carbonyl (C=O) groups excluding carboxylic acids is 3. The van der Waals surface area contributed by atoms with Gasteiger partial charge >= 0.3 is 23.7 Å². The fraction of sp³-hybridized carbons (Fsp3) is 0.152. The highest BCUT2D eigenvalue weighted by Gasteiger charge is 2.50. The highest BCUT2D eigenvalue weighted by Crippen LogP contribution is 2.36. The molecule has 0 bridgehead atoms. The van der Waals surface area contributed by atoms with Crippen LogP contribution in [0.5, 0.6) is 0 Å². The SMILES string of the molecule is O=C(O[C@@H]1[C@H](OC(=O)c2ccccc2)[C@@H](OC(=O)c2ccccc2)CO[C@@H]1n1c(=O)oc2c(Cl)cc([N+](=O)[O-])cc21)c1ccccc1. The van der Waals surface area contributed by atoms with E-state index in [9.17, 15) is 29.3 Å². The number of fused-ring (bicyclic) bond motifs is 1. The maximum Gasteiger partial charge on any atom is 0.422 e. The third-order valence-electron chi connectivity index (χ3n) is 7.30. The second kappa shape index (κ2) is 13.3. The molecule has 2 heterocycles. The van der Waals surface area contributed by atoms with Crippen LogP contribution in [-0.4, -0.2) is 52.3 Å². The lowest BCUT2D eigenvalue weighted by Gasteiger charge is -2.40. The van der Waals surface area contributed by atoms with E-state index in [0.29, 0.717) is 0 Å². The van der Waals surface area contributed by atoms with Crippen LogP contribution in [-0.2, 0) is 18.9 Å². The van der Waals surface area contributed by atoms with Crippen LogP contribution in [0.4, 0.5) is 5.69 Å². The van der Waals surface area contributed by atoms with Gasteiger partial charge in [0, 0.05) is 12.1 Å². The number of benzene rings is 4. The summed E-state index contributed by atoms with van der Waals surface area (Å²) in [6.45, 7) is -0.461. The van der Waals surface area contributed by atoms with E-state index in [4.69, 9.17) is 35.0 Å². The van der Waals surface area contributed by atoms with E-state index in [1.54, 1.807) is 54.6 Å². The molecule has 0 amide bonds. The second-order valence-corrected chi connectivity index (χ2v) is 10.7. The van der Waals surface area contributed by atoms with Gasteiger partial charge in [-0.15, -0.1) is 0 Å². The molecule has 47 heavy (non-hydrogen) atoms. The van der Waals surface area contributed by atoms with Crippen LogP contribution in [0.1, 0.15) is 37.3 Å². The largest absolute Gasteiger partial charge is 0.452 e. The topological polar surface area (TPSA) is 166 Å². The Labute approximate surface area is 269 Å². The molecular formula is C33H23ClN2O11. The van der Waals surface area contributed by atoms with Crippen molar-refractivity contribution < 1.29 is 42.7 Å². The van der Waals surface area contributed by atoms with Crippen molar-refractivity contribution in [3.8, 4) is 0 Å². The molecule has 0 unspecified atom stereocenters. The van der Waals surface area contributed by atoms with Gasteiger partial charge in [0.2, 0.25) is 0 Å². The van der Waals surface area contributed by atoms with Crippen LogP contribution < -0.4 is 5.76 Å². The highest BCUT2D eigenvalue weighted by molar-refractivity contribution is 6.35. The third kappa shape index (κ3) is 6.48. The molecule has 1 aromatic heterocycles. The van der Waals surface area contributed by atoms with Crippen molar-refractivity contribution in [1.29, 1.82) is 0 Å². The Morgan fingerprint density at radius 2 is 1.26 bits per heavy atom. The number of rotatable bonds is 8. The lowest BCUT2D eigenvalue weighted by atomic mass is 10.0. The number of nitro groups is 1. The molecule has 0 spiro atoms. The Hall–Kier alpha value is -5.79. The molecule has 238 valence electrons. The monoisotopic (exact) mass is 658 g/mol. The molecule has 1 aliphatic rings. The van der Waals surface area contributed by atoms with Gasteiger partial charge in [-0.2, -0.15) is 0 Å². The highest BCUT2D eigenvalue weighted by atomic mass is 35.5. The zero-order valence-corrected chi connectivity index (χ0v) is 24.9. The Kier molecular flexibility index (Phi) is 8.82. The molecule has 0 aliphatic carbocycles. The smallest absolute Gasteiger partial charge is 0.422 e. The number of nitro benzene ring substituents is 1. The minimum atomic E-state index is -1.67. The van der Waals surface area contributed by atoms with E-state index in [0.717, 1.165) is 16.7 Å². The van der Waals surface area contributed by atoms with Gasteiger partial charge in [-0.3, -0.25) is 10.1 Å². The van der Waals surface area contributed by atoms with Crippen molar-refractivity contribution in [1.82, 2.24) is 4.57 Å². The first kappa shape index (κ1) is 31.2. The number of hydrogen-bond donors (Lipinski definition) is 0. The number of nitrogens with zero attached hydrogens (tertiary/aromatic N) is 2. The summed E-state index contributed by atoms with van der Waals surface area (Å²) in [5, 5.41) is 11.4. The van der Waals surface area contributed by atoms with Crippen LogP contribution >= 0.6 is 11.6 Å². The molecule has 0 radical (unpaired) electrons. The van der Waals surface area contributed by atoms with Gasteiger partial charge in [0.05, 0.1) is 33.2 Å². The van der Waals surface area contributed by atoms with Crippen molar-refractivity contribution in [3.63, 3.8) is 0 Å². The Morgan fingerprint density at radius 3 is 1.77 bits per heavy atom. The number of esters is 3. The van der Waals surface area contributed by atoms with Gasteiger partial charge in [-0.05, 0) is 36.4 Å². The van der Waals surface area contributed by atoms with E-state index in [-0.39, 0.29) is 32.8 Å². The van der Waals surface area contributed by atoms with Crippen molar-refractivity contribution >= 4 is 46.3 Å². The molecular weight excluding hydrogens is 636 g/mol. The quantitative estimate of drug-likeness (QED) is 0.0911. The molecule has 13 nitrogen and oxygen atoms in total. The first-order valence-electron chi connectivity index (χ1n) is 14.1. The van der Waals surface area contributed by atoms with Gasteiger partial charge in [0.25, 0.3) is 5.69 Å². The van der Waals surface area contributed by atoms with Crippen molar-refractivity contribution in [2.24, 2.45) is 0 Å². The molecule has 4 atom stereocenters. The predicted octanol–water partition coefficient (Wildman–Crippen LogP) is 5.36. The maximum absolute atomic E-state index is 13.5. The minimum Gasteiger partial charge on any atom is -0.452 e. The van der Waals surface area contributed by atoms with Gasteiger partial charge in [0.15, 0.2) is 30.1 Å². The summed E-state index contributed by atoms with van der Waals surface area (Å²) in [5.41, 5.74) is -0.412. The van der Waals surface area contributed by atoms with Crippen LogP contribution in [0.3, 0.4) is 0 Å². The van der Waals surface area contributed by atoms with Crippen LogP contribution in [0.2, 0.25) is 5.02 Å². The van der Waals surface area contributed by atoms with Crippen LogP contribution in [0.15, 0.2) is 112 Å². The first-order valence-corrected chi connectivity index (χ1v) is 14.5. The molecule has 1 saturated heterocycles. The van der Waals surface area contributed by atoms with Crippen LogP contribution in [0, 0.1) is 10.1 Å². The molecule has 4 aromatic carbocycles. The van der Waals surface area contributed by atoms with Crippen molar-refractivity contribution in [2.75, 3.05) is 6.61 Å². The molecule has 1 fully saturated rings. The summed E-state index contributed by atoms with van der Waals surface area (Å²) in [5.74, 6) is -3.62. The lowest BCUT2D eigenvalue weighted by Crippen LogP contribution is -2.56. The number of aromatic nitrogens is 1. The summed E-state index contributed by atoms with van der Waals surface area (Å²) in [7, 11) is 0. The summed E-state index contributed by atoms with van der Waals surface area (Å²) in [6.07, 6.45) is -6.19. The standard InChI is InChI=1S/C33H23ClN2O11/c34-23-16-22(36(41)42)17-24-26(23)47-33(40)35(24)29-28(46-32(39)21-14-8-3-9-15-21)27(45-31(38)20-12-6-2-7-13-20)25(18-43-29)44-30(37)19-10-4-1-5-11-19/h1-17,25,27-29H,18H2/t25-,27+,28+,29-/m0/s1. The average molecular weight is 659 g/mol. The Morgan fingerprint density at radius 1 is 0.766 bits per heavy atom. The number of hydrogen-bond acceptors (Lipinski definition) is 11. The third-order valence-corrected chi connectivity index (χ3v) is 7.58. The molecule has 0 N–H and O–H groups in total. The Bertz CT molecular complexity index is 2010. The molecule has 6 rings (SSSR count). The number of ether oxygens (including phenoxy) is 4. The molecule has 5 aromatic rings. The van der Waals surface area contributed by atoms with Gasteiger partial charge in [-0.25, -0.2) is 23.7 Å². The summed E-state index contributed by atoms with van der Waals surface area (Å²) < 4.78 is 29.7. The number of carbonyl (C=O) groups is 3. The van der Waals surface area contributed by atoms with E-state index in [2.05, 4.69) is 0 Å². The number of non-ortho nitro benzene ring substituents is 1. The fourth-order valence-corrected chi connectivity index (χ4v) is 5.33. The van der Waals surface area contributed by atoms with Crippen molar-refractivity contribution in [3.05, 3.63) is 146 Å². The van der Waals surface area contributed by atoms with Gasteiger partial charge in [0.1, 0.15) is 5.52 Å². The fourth-order valence-electron chi connectivity index (χ4n) is 5.09. The summed E-state index contributed by atoms with van der Waals surface area (Å²) in [6, 6.07) is 25.7. The Balaban J connectivity index is 1.47. The normalized spacial score (nSPS) is 19.1. The zero-order chi connectivity index (χ0) is 33.1. The molecule has 14 heteroatoms. The summed E-state index contributed by atoms with van der Waals surface area (Å²) >= 11 is 6.23. The minimum absolute atomic E-state index is 0.103. The van der Waals surface area contributed by atoms with E-state index >= 15 is 0 Å². The van der Waals surface area contributed by atoms with Crippen molar-refractivity contribution in [2.45, 2.75) is 24.5 Å².